The molecule has 1 aliphatic heterocycles. The summed E-state index contributed by atoms with van der Waals surface area (Å²) in [6, 6.07) is 0. The summed E-state index contributed by atoms with van der Waals surface area (Å²) in [5.41, 5.74) is -0.191. The van der Waals surface area contributed by atoms with Crippen LogP contribution in [0, 0.1) is 5.92 Å². The maximum Gasteiger partial charge on any atom is 0.410 e. The molecule has 0 saturated carbocycles. The number of hydrogen-bond acceptors (Lipinski definition) is 6. The number of nitrogens with zero attached hydrogens (tertiary/aromatic N) is 3. The zero-order chi connectivity index (χ0) is 16.9. The van der Waals surface area contributed by atoms with Gasteiger partial charge in [0, 0.05) is 31.4 Å². The maximum atomic E-state index is 12.0. The number of Topliss-reactive ketones (excluding diaryl/α,β-unsaturated/α-hetero) is 1. The lowest BCUT2D eigenvalue weighted by atomic mass is 10.1. The number of ether oxygens (including phenoxy) is 2. The molecule has 1 fully saturated rings. The molecule has 126 valence electrons. The van der Waals surface area contributed by atoms with Crippen molar-refractivity contribution in [1.82, 2.24) is 14.9 Å². The van der Waals surface area contributed by atoms with Gasteiger partial charge in [0.15, 0.2) is 0 Å². The van der Waals surface area contributed by atoms with Gasteiger partial charge in [-0.05, 0) is 27.2 Å². The second-order valence-electron chi connectivity index (χ2n) is 6.61. The Balaban J connectivity index is 1.70. The molecule has 1 atom stereocenters. The van der Waals surface area contributed by atoms with Gasteiger partial charge in [-0.2, -0.15) is 0 Å². The first kappa shape index (κ1) is 17.3. The lowest BCUT2D eigenvalue weighted by Crippen LogP contribution is -2.35. The Hall–Kier alpha value is -2.02. The number of likely N-dealkylation sites (tertiary alicyclic amines) is 1. The molecule has 0 aromatic carbocycles. The Morgan fingerprint density at radius 3 is 2.78 bits per heavy atom. The van der Waals surface area contributed by atoms with Crippen LogP contribution in [0.5, 0.6) is 0 Å². The molecule has 1 amide bonds. The number of aromatic nitrogens is 2. The number of ketones is 1. The maximum absolute atomic E-state index is 12.0. The second-order valence-corrected chi connectivity index (χ2v) is 6.61. The van der Waals surface area contributed by atoms with Crippen LogP contribution in [0.3, 0.4) is 0 Å². The van der Waals surface area contributed by atoms with Crippen LogP contribution in [0.4, 0.5) is 4.79 Å². The van der Waals surface area contributed by atoms with Crippen molar-refractivity contribution in [2.75, 3.05) is 26.3 Å². The lowest BCUT2D eigenvalue weighted by molar-refractivity contribution is 0.0273. The molecule has 0 radical (unpaired) electrons. The van der Waals surface area contributed by atoms with Crippen LogP contribution < -0.4 is 0 Å². The molecule has 0 unspecified atom stereocenters. The van der Waals surface area contributed by atoms with Gasteiger partial charge in [0.25, 0.3) is 0 Å². The minimum absolute atomic E-state index is 0.0262. The molecule has 7 nitrogen and oxygen atoms in total. The largest absolute Gasteiger partial charge is 0.444 e. The van der Waals surface area contributed by atoms with Gasteiger partial charge >= 0.3 is 6.09 Å². The summed E-state index contributed by atoms with van der Waals surface area (Å²) >= 11 is 0. The molecule has 7 heteroatoms. The third-order valence-electron chi connectivity index (χ3n) is 3.37. The summed E-state index contributed by atoms with van der Waals surface area (Å²) in [5.74, 6) is 0.0253. The van der Waals surface area contributed by atoms with E-state index in [0.717, 1.165) is 6.42 Å². The quantitative estimate of drug-likeness (QED) is 0.771. The Kier molecular flexibility index (Phi) is 5.65. The van der Waals surface area contributed by atoms with Crippen molar-refractivity contribution < 1.29 is 19.1 Å². The monoisotopic (exact) mass is 321 g/mol. The SMILES string of the molecule is CC(C)(C)OC(=O)N1CC[C@@H](COCC(=O)c2cnccn2)C1. The van der Waals surface area contributed by atoms with Gasteiger partial charge in [-0.15, -0.1) is 0 Å². The smallest absolute Gasteiger partial charge is 0.410 e. The van der Waals surface area contributed by atoms with Crippen molar-refractivity contribution in [1.29, 1.82) is 0 Å². The molecule has 0 bridgehead atoms. The number of amides is 1. The fraction of sp³-hybridized carbons (Fsp3) is 0.625. The van der Waals surface area contributed by atoms with Crippen LogP contribution in [-0.2, 0) is 9.47 Å². The van der Waals surface area contributed by atoms with E-state index >= 15 is 0 Å². The Bertz CT molecular complexity index is 542. The summed E-state index contributed by atoms with van der Waals surface area (Å²) in [7, 11) is 0. The van der Waals surface area contributed by atoms with E-state index in [0.29, 0.717) is 25.4 Å². The van der Waals surface area contributed by atoms with Crippen molar-refractivity contribution in [3.63, 3.8) is 0 Å². The van der Waals surface area contributed by atoms with E-state index in [1.54, 1.807) is 4.90 Å². The molecule has 2 rings (SSSR count). The van der Waals surface area contributed by atoms with Gasteiger partial charge in [0.05, 0.1) is 12.8 Å². The van der Waals surface area contributed by atoms with Crippen LogP contribution >= 0.6 is 0 Å². The van der Waals surface area contributed by atoms with E-state index in [-0.39, 0.29) is 24.4 Å². The van der Waals surface area contributed by atoms with Crippen LogP contribution in [0.1, 0.15) is 37.7 Å². The second kappa shape index (κ2) is 7.50. The highest BCUT2D eigenvalue weighted by Crippen LogP contribution is 2.19. The first-order valence-electron chi connectivity index (χ1n) is 7.70. The number of hydrogen-bond donors (Lipinski definition) is 0. The van der Waals surface area contributed by atoms with Crippen LogP contribution in [0.15, 0.2) is 18.6 Å². The van der Waals surface area contributed by atoms with Gasteiger partial charge in [0.2, 0.25) is 5.78 Å². The van der Waals surface area contributed by atoms with Gasteiger partial charge in [-0.1, -0.05) is 0 Å². The van der Waals surface area contributed by atoms with E-state index in [9.17, 15) is 9.59 Å². The highest BCUT2D eigenvalue weighted by atomic mass is 16.6. The van der Waals surface area contributed by atoms with Gasteiger partial charge in [0.1, 0.15) is 17.9 Å². The predicted molar refractivity (Wildman–Crippen MR) is 83.1 cm³/mol. The predicted octanol–water partition coefficient (Wildman–Crippen LogP) is 1.93. The van der Waals surface area contributed by atoms with Crippen LogP contribution in [-0.4, -0.2) is 58.6 Å². The van der Waals surface area contributed by atoms with Crippen molar-refractivity contribution in [2.45, 2.75) is 32.8 Å². The fourth-order valence-corrected chi connectivity index (χ4v) is 2.30. The molecule has 1 saturated heterocycles. The minimum atomic E-state index is -0.491. The van der Waals surface area contributed by atoms with E-state index < -0.39 is 5.60 Å². The van der Waals surface area contributed by atoms with Crippen molar-refractivity contribution in [3.8, 4) is 0 Å². The molecule has 1 aromatic heterocycles. The molecule has 1 aromatic rings. The first-order valence-corrected chi connectivity index (χ1v) is 7.70. The number of rotatable bonds is 5. The zero-order valence-corrected chi connectivity index (χ0v) is 13.8. The lowest BCUT2D eigenvalue weighted by Gasteiger charge is -2.24. The molecule has 23 heavy (non-hydrogen) atoms. The highest BCUT2D eigenvalue weighted by molar-refractivity contribution is 5.94. The molecule has 1 aliphatic rings. The zero-order valence-electron chi connectivity index (χ0n) is 13.8. The highest BCUT2D eigenvalue weighted by Gasteiger charge is 2.29. The first-order chi connectivity index (χ1) is 10.8. The summed E-state index contributed by atoms with van der Waals surface area (Å²) in [4.78, 5) is 33.3. The molecule has 0 spiro atoms. The van der Waals surface area contributed by atoms with Crippen LogP contribution in [0.25, 0.3) is 0 Å². The summed E-state index contributed by atoms with van der Waals surface area (Å²) in [6.45, 7) is 7.20. The van der Waals surface area contributed by atoms with E-state index in [4.69, 9.17) is 9.47 Å². The number of carbonyl (C=O) groups is 2. The normalized spacial score (nSPS) is 18.0. The Labute approximate surface area is 136 Å². The molecule has 2 heterocycles. The van der Waals surface area contributed by atoms with E-state index in [1.807, 2.05) is 20.8 Å². The molecule has 0 aliphatic carbocycles. The summed E-state index contributed by atoms with van der Waals surface area (Å²) < 4.78 is 10.8. The average Bonchev–Trinajstić information content (AvgIpc) is 2.95. The molecular weight excluding hydrogens is 298 g/mol. The van der Waals surface area contributed by atoms with E-state index in [1.165, 1.54) is 18.6 Å². The minimum Gasteiger partial charge on any atom is -0.444 e. The third-order valence-corrected chi connectivity index (χ3v) is 3.37. The summed E-state index contributed by atoms with van der Waals surface area (Å²) in [5, 5.41) is 0. The Morgan fingerprint density at radius 1 is 1.35 bits per heavy atom. The fourth-order valence-electron chi connectivity index (χ4n) is 2.30. The molecule has 0 N–H and O–H groups in total. The van der Waals surface area contributed by atoms with Gasteiger partial charge in [-0.25, -0.2) is 9.78 Å². The Morgan fingerprint density at radius 2 is 2.13 bits per heavy atom. The molecular formula is C16H23N3O4. The summed E-state index contributed by atoms with van der Waals surface area (Å²) in [6.07, 6.45) is 4.96. The van der Waals surface area contributed by atoms with Crippen molar-refractivity contribution in [3.05, 3.63) is 24.3 Å². The average molecular weight is 321 g/mol. The standard InChI is InChI=1S/C16H23N3O4/c1-16(2,3)23-15(21)19-7-4-12(9-19)10-22-11-14(20)13-8-17-5-6-18-13/h5-6,8,12H,4,7,9-11H2,1-3H3/t12-/m1/s1. The number of carbonyl (C=O) groups excluding carboxylic acids is 2. The van der Waals surface area contributed by atoms with Crippen molar-refractivity contribution >= 4 is 11.9 Å². The van der Waals surface area contributed by atoms with E-state index in [2.05, 4.69) is 9.97 Å². The van der Waals surface area contributed by atoms with Crippen molar-refractivity contribution in [2.24, 2.45) is 5.92 Å². The topological polar surface area (TPSA) is 81.6 Å². The van der Waals surface area contributed by atoms with Gasteiger partial charge in [-0.3, -0.25) is 9.78 Å². The third kappa shape index (κ3) is 5.59. The van der Waals surface area contributed by atoms with Crippen LogP contribution in [0.2, 0.25) is 0 Å². The van der Waals surface area contributed by atoms with Gasteiger partial charge < -0.3 is 14.4 Å².